The zero-order valence-corrected chi connectivity index (χ0v) is 21.0. The van der Waals surface area contributed by atoms with Gasteiger partial charge in [-0.3, -0.25) is 4.79 Å². The van der Waals surface area contributed by atoms with Crippen LogP contribution in [0.5, 0.6) is 11.6 Å². The van der Waals surface area contributed by atoms with E-state index >= 15 is 0 Å². The van der Waals surface area contributed by atoms with Crippen molar-refractivity contribution in [2.45, 2.75) is 32.4 Å². The Hall–Kier alpha value is -4.10. The molecule has 0 fully saturated rings. The van der Waals surface area contributed by atoms with Crippen molar-refractivity contribution < 1.29 is 19.1 Å². The zero-order valence-electron chi connectivity index (χ0n) is 20.2. The largest absolute Gasteiger partial charge is 0.496 e. The highest BCUT2D eigenvalue weighted by Gasteiger charge is 2.27. The Morgan fingerprint density at radius 1 is 1.22 bits per heavy atom. The van der Waals surface area contributed by atoms with Gasteiger partial charge in [0.05, 0.1) is 26.3 Å². The molecule has 2 N–H and O–H groups in total. The van der Waals surface area contributed by atoms with E-state index < -0.39 is 0 Å². The number of anilines is 1. The Labute approximate surface area is 213 Å². The first-order valence-electron chi connectivity index (χ1n) is 11.5. The molecule has 0 atom stereocenters. The van der Waals surface area contributed by atoms with E-state index in [1.807, 2.05) is 30.3 Å². The lowest BCUT2D eigenvalue weighted by atomic mass is 10.0. The molecule has 1 aromatic carbocycles. The minimum Gasteiger partial charge on any atom is -0.496 e. The maximum absolute atomic E-state index is 12.8. The molecule has 36 heavy (non-hydrogen) atoms. The average molecular weight is 506 g/mol. The van der Waals surface area contributed by atoms with Gasteiger partial charge in [-0.05, 0) is 41.7 Å². The lowest BCUT2D eigenvalue weighted by Crippen LogP contribution is -2.42. The van der Waals surface area contributed by atoms with Gasteiger partial charge in [0.2, 0.25) is 11.8 Å². The Morgan fingerprint density at radius 3 is 2.83 bits per heavy atom. The van der Waals surface area contributed by atoms with Crippen molar-refractivity contribution in [1.29, 1.82) is 5.26 Å². The monoisotopic (exact) mass is 505 g/mol. The molecule has 3 heterocycles. The van der Waals surface area contributed by atoms with Crippen LogP contribution in [0.15, 0.2) is 42.6 Å². The SMILES string of the molecule is COc1cc(CNC(=O)N2CCc3c(sc(NC(=O)CCc4ccccc4OC)c3C#N)C2)ccn1. The molecule has 3 aromatic rings. The van der Waals surface area contributed by atoms with Gasteiger partial charge >= 0.3 is 6.03 Å². The van der Waals surface area contributed by atoms with Crippen molar-refractivity contribution in [1.82, 2.24) is 15.2 Å². The maximum Gasteiger partial charge on any atom is 0.318 e. The fraction of sp³-hybridized carbons (Fsp3) is 0.308. The summed E-state index contributed by atoms with van der Waals surface area (Å²) in [7, 11) is 3.15. The molecule has 4 rings (SSSR count). The molecule has 0 radical (unpaired) electrons. The number of ether oxygens (including phenoxy) is 2. The number of nitriles is 1. The van der Waals surface area contributed by atoms with E-state index in [-0.39, 0.29) is 18.4 Å². The molecule has 186 valence electrons. The third kappa shape index (κ3) is 5.75. The highest BCUT2D eigenvalue weighted by atomic mass is 32.1. The number of hydrogen-bond donors (Lipinski definition) is 2. The van der Waals surface area contributed by atoms with E-state index in [1.54, 1.807) is 31.4 Å². The average Bonchev–Trinajstić information content (AvgIpc) is 3.26. The van der Waals surface area contributed by atoms with E-state index in [1.165, 1.54) is 11.3 Å². The Morgan fingerprint density at radius 2 is 2.06 bits per heavy atom. The second-order valence-corrected chi connectivity index (χ2v) is 9.32. The summed E-state index contributed by atoms with van der Waals surface area (Å²) in [5.74, 6) is 1.07. The van der Waals surface area contributed by atoms with Crippen LogP contribution < -0.4 is 20.1 Å². The molecule has 0 saturated heterocycles. The summed E-state index contributed by atoms with van der Waals surface area (Å²) in [6.07, 6.45) is 2.99. The first-order valence-corrected chi connectivity index (χ1v) is 12.3. The lowest BCUT2D eigenvalue weighted by molar-refractivity contribution is -0.116. The number of methoxy groups -OCH3 is 2. The number of nitrogens with zero attached hydrogens (tertiary/aromatic N) is 3. The van der Waals surface area contributed by atoms with E-state index in [0.717, 1.165) is 27.3 Å². The van der Waals surface area contributed by atoms with Crippen molar-refractivity contribution in [3.63, 3.8) is 0 Å². The predicted molar refractivity (Wildman–Crippen MR) is 136 cm³/mol. The van der Waals surface area contributed by atoms with Gasteiger partial charge in [-0.1, -0.05) is 18.2 Å². The number of aryl methyl sites for hydroxylation is 1. The van der Waals surface area contributed by atoms with Crippen LogP contribution in [0.4, 0.5) is 9.80 Å². The molecule has 9 nitrogen and oxygen atoms in total. The smallest absolute Gasteiger partial charge is 0.318 e. The van der Waals surface area contributed by atoms with Crippen LogP contribution in [-0.4, -0.2) is 42.6 Å². The number of para-hydroxylation sites is 1. The highest BCUT2D eigenvalue weighted by molar-refractivity contribution is 7.16. The summed E-state index contributed by atoms with van der Waals surface area (Å²) >= 11 is 1.36. The Bertz CT molecular complexity index is 1300. The molecule has 10 heteroatoms. The molecule has 0 spiro atoms. The molecule has 1 aliphatic rings. The quantitative estimate of drug-likeness (QED) is 0.480. The van der Waals surface area contributed by atoms with Crippen molar-refractivity contribution in [3.8, 4) is 17.7 Å². The van der Waals surface area contributed by atoms with Crippen LogP contribution >= 0.6 is 11.3 Å². The summed E-state index contributed by atoms with van der Waals surface area (Å²) in [5, 5.41) is 16.1. The minimum atomic E-state index is -0.189. The molecule has 2 aromatic heterocycles. The number of hydrogen-bond acceptors (Lipinski definition) is 7. The molecule has 0 unspecified atom stereocenters. The molecule has 0 aliphatic carbocycles. The lowest BCUT2D eigenvalue weighted by Gasteiger charge is -2.27. The van der Waals surface area contributed by atoms with Gasteiger partial charge < -0.3 is 25.0 Å². The number of rotatable bonds is 8. The van der Waals surface area contributed by atoms with E-state index in [4.69, 9.17) is 9.47 Å². The van der Waals surface area contributed by atoms with Crippen LogP contribution in [0.1, 0.15) is 33.6 Å². The van der Waals surface area contributed by atoms with Crippen molar-refractivity contribution in [2.24, 2.45) is 0 Å². The van der Waals surface area contributed by atoms with Crippen molar-refractivity contribution in [3.05, 3.63) is 69.7 Å². The number of urea groups is 1. The summed E-state index contributed by atoms with van der Waals surface area (Å²) in [4.78, 5) is 32.1. The normalized spacial score (nSPS) is 12.3. The Balaban J connectivity index is 1.37. The number of amides is 3. The molecule has 3 amide bonds. The number of benzene rings is 1. The van der Waals surface area contributed by atoms with Crippen LogP contribution in [0.2, 0.25) is 0 Å². The van der Waals surface area contributed by atoms with Gasteiger partial charge in [0.1, 0.15) is 16.8 Å². The molecule has 1 aliphatic heterocycles. The maximum atomic E-state index is 12.8. The fourth-order valence-corrected chi connectivity index (χ4v) is 5.32. The highest BCUT2D eigenvalue weighted by Crippen LogP contribution is 2.37. The first kappa shape index (κ1) is 25.0. The number of carbonyl (C=O) groups excluding carboxylic acids is 2. The van der Waals surface area contributed by atoms with E-state index in [9.17, 15) is 14.9 Å². The predicted octanol–water partition coefficient (Wildman–Crippen LogP) is 3.87. The second kappa shape index (κ2) is 11.6. The molecule has 0 saturated carbocycles. The van der Waals surface area contributed by atoms with E-state index in [0.29, 0.717) is 48.9 Å². The third-order valence-corrected chi connectivity index (χ3v) is 7.11. The van der Waals surface area contributed by atoms with Gasteiger partial charge in [0.15, 0.2) is 0 Å². The van der Waals surface area contributed by atoms with Crippen molar-refractivity contribution in [2.75, 3.05) is 26.1 Å². The van der Waals surface area contributed by atoms with Crippen LogP contribution in [0.25, 0.3) is 0 Å². The van der Waals surface area contributed by atoms with Gasteiger partial charge in [-0.25, -0.2) is 9.78 Å². The standard InChI is InChI=1S/C26H27N5O4S/c1-34-21-6-4-3-5-18(21)7-8-23(32)30-25-20(14-27)19-10-12-31(16-22(19)36-25)26(33)29-15-17-9-11-28-24(13-17)35-2/h3-6,9,11,13H,7-8,10,12,15-16H2,1-2H3,(H,29,33)(H,30,32). The third-order valence-electron chi connectivity index (χ3n) is 5.97. The number of nitrogens with one attached hydrogen (secondary N) is 2. The number of fused-ring (bicyclic) bond motifs is 1. The van der Waals surface area contributed by atoms with Gasteiger partial charge in [-0.15, -0.1) is 11.3 Å². The fourth-order valence-electron chi connectivity index (χ4n) is 4.09. The number of thiophene rings is 1. The topological polar surface area (TPSA) is 117 Å². The summed E-state index contributed by atoms with van der Waals surface area (Å²) in [5.41, 5.74) is 3.23. The van der Waals surface area contributed by atoms with E-state index in [2.05, 4.69) is 21.7 Å². The summed E-state index contributed by atoms with van der Waals surface area (Å²) in [6, 6.07) is 13.2. The second-order valence-electron chi connectivity index (χ2n) is 8.22. The number of aromatic nitrogens is 1. The summed E-state index contributed by atoms with van der Waals surface area (Å²) < 4.78 is 10.5. The first-order chi connectivity index (χ1) is 17.5. The van der Waals surface area contributed by atoms with Crippen LogP contribution in [-0.2, 0) is 30.7 Å². The van der Waals surface area contributed by atoms with Crippen molar-refractivity contribution >= 4 is 28.3 Å². The molecular formula is C26H27N5O4S. The zero-order chi connectivity index (χ0) is 25.5. The van der Waals surface area contributed by atoms with Crippen LogP contribution in [0.3, 0.4) is 0 Å². The van der Waals surface area contributed by atoms with Gasteiger partial charge in [0.25, 0.3) is 0 Å². The molecular weight excluding hydrogens is 478 g/mol. The molecule has 0 bridgehead atoms. The number of carbonyl (C=O) groups is 2. The van der Waals surface area contributed by atoms with Gasteiger partial charge in [0, 0.05) is 36.7 Å². The Kier molecular flexibility index (Phi) is 8.02. The minimum absolute atomic E-state index is 0.168. The number of pyridine rings is 1. The van der Waals surface area contributed by atoms with Gasteiger partial charge in [-0.2, -0.15) is 5.26 Å². The summed E-state index contributed by atoms with van der Waals surface area (Å²) in [6.45, 7) is 1.23. The van der Waals surface area contributed by atoms with Crippen LogP contribution in [0, 0.1) is 11.3 Å².